The number of benzene rings is 2. The average molecular weight is 306 g/mol. The van der Waals surface area contributed by atoms with Gasteiger partial charge < -0.3 is 21.5 Å². The number of halogens is 1. The second-order valence-corrected chi connectivity index (χ2v) is 4.86. The van der Waals surface area contributed by atoms with Crippen LogP contribution in [0.5, 0.6) is 5.75 Å². The molecule has 0 atom stereocenters. The Balaban J connectivity index is 2.15. The van der Waals surface area contributed by atoms with Gasteiger partial charge in [-0.15, -0.1) is 0 Å². The van der Waals surface area contributed by atoms with Crippen LogP contribution in [0.4, 0.5) is 11.4 Å². The molecule has 0 heterocycles. The van der Waals surface area contributed by atoms with Crippen LogP contribution in [0, 0.1) is 0 Å². The molecule has 0 aliphatic rings. The number of carbonyl (C=O) groups is 1. The molecule has 0 bridgehead atoms. The fourth-order valence-corrected chi connectivity index (χ4v) is 2.19. The predicted molar refractivity (Wildman–Crippen MR) is 84.4 cm³/mol. The van der Waals surface area contributed by atoms with Crippen molar-refractivity contribution in [3.8, 4) is 5.75 Å². The van der Waals surface area contributed by atoms with Gasteiger partial charge in [0.2, 0.25) is 0 Å². The van der Waals surface area contributed by atoms with E-state index in [0.29, 0.717) is 33.3 Å². The Morgan fingerprint density at radius 1 is 1.29 bits per heavy atom. The number of anilines is 2. The van der Waals surface area contributed by atoms with Crippen LogP contribution in [0.25, 0.3) is 0 Å². The monoisotopic (exact) mass is 305 g/mol. The molecule has 2 aromatic carbocycles. The van der Waals surface area contributed by atoms with Crippen LogP contribution < -0.4 is 21.5 Å². The van der Waals surface area contributed by atoms with E-state index in [4.69, 9.17) is 27.8 Å². The third-order valence-corrected chi connectivity index (χ3v) is 3.40. The normalized spacial score (nSPS) is 10.2. The highest BCUT2D eigenvalue weighted by Gasteiger charge is 2.12. The lowest BCUT2D eigenvalue weighted by atomic mass is 10.1. The van der Waals surface area contributed by atoms with E-state index in [0.717, 1.165) is 0 Å². The minimum atomic E-state index is -0.297. The van der Waals surface area contributed by atoms with E-state index in [1.54, 1.807) is 43.5 Å². The van der Waals surface area contributed by atoms with Gasteiger partial charge in [0.1, 0.15) is 5.75 Å². The van der Waals surface area contributed by atoms with Crippen LogP contribution in [0.1, 0.15) is 15.9 Å². The largest absolute Gasteiger partial charge is 0.496 e. The first-order chi connectivity index (χ1) is 10.0. The molecule has 0 saturated heterocycles. The highest BCUT2D eigenvalue weighted by Crippen LogP contribution is 2.26. The summed E-state index contributed by atoms with van der Waals surface area (Å²) in [6.45, 7) is 0.242. The van der Waals surface area contributed by atoms with Crippen molar-refractivity contribution in [1.29, 1.82) is 0 Å². The van der Waals surface area contributed by atoms with Gasteiger partial charge in [0, 0.05) is 28.5 Å². The number of nitrogen functional groups attached to an aromatic ring is 2. The number of ether oxygens (including phenoxy) is 1. The molecule has 0 saturated carbocycles. The van der Waals surface area contributed by atoms with E-state index in [1.807, 2.05) is 0 Å². The van der Waals surface area contributed by atoms with Crippen LogP contribution >= 0.6 is 11.6 Å². The Bertz CT molecular complexity index is 674. The average Bonchev–Trinajstić information content (AvgIpc) is 2.45. The molecule has 1 amide bonds. The molecule has 5 N–H and O–H groups in total. The molecule has 0 unspecified atom stereocenters. The molecule has 2 aromatic rings. The maximum absolute atomic E-state index is 12.1. The van der Waals surface area contributed by atoms with Gasteiger partial charge in [-0.1, -0.05) is 17.7 Å². The maximum atomic E-state index is 12.1. The number of hydrogen-bond donors (Lipinski definition) is 3. The standard InChI is InChI=1S/C15H16ClN3O2/c1-21-14-4-2-3-12(16)11(14)8-19-15(20)10-6-5-9(17)7-13(10)18/h2-7H,8,17-18H2,1H3,(H,19,20). The molecular weight excluding hydrogens is 290 g/mol. The minimum absolute atomic E-state index is 0.242. The van der Waals surface area contributed by atoms with Crippen LogP contribution in [-0.2, 0) is 6.54 Å². The quantitative estimate of drug-likeness (QED) is 0.757. The minimum Gasteiger partial charge on any atom is -0.496 e. The van der Waals surface area contributed by atoms with Crippen LogP contribution in [-0.4, -0.2) is 13.0 Å². The topological polar surface area (TPSA) is 90.4 Å². The maximum Gasteiger partial charge on any atom is 0.253 e. The van der Waals surface area contributed by atoms with Gasteiger partial charge in [-0.25, -0.2) is 0 Å². The van der Waals surface area contributed by atoms with Gasteiger partial charge in [0.15, 0.2) is 0 Å². The van der Waals surface area contributed by atoms with Crippen molar-refractivity contribution >= 4 is 28.9 Å². The van der Waals surface area contributed by atoms with Gasteiger partial charge in [0.05, 0.1) is 12.7 Å². The Kier molecular flexibility index (Phi) is 4.55. The van der Waals surface area contributed by atoms with E-state index in [-0.39, 0.29) is 12.5 Å². The number of nitrogens with one attached hydrogen (secondary N) is 1. The van der Waals surface area contributed by atoms with Gasteiger partial charge in [-0.05, 0) is 30.3 Å². The van der Waals surface area contributed by atoms with Crippen molar-refractivity contribution in [1.82, 2.24) is 5.32 Å². The number of amides is 1. The van der Waals surface area contributed by atoms with Crippen molar-refractivity contribution in [3.63, 3.8) is 0 Å². The first kappa shape index (κ1) is 15.0. The van der Waals surface area contributed by atoms with Gasteiger partial charge in [-0.2, -0.15) is 0 Å². The summed E-state index contributed by atoms with van der Waals surface area (Å²) in [6.07, 6.45) is 0. The molecule has 2 rings (SSSR count). The SMILES string of the molecule is COc1cccc(Cl)c1CNC(=O)c1ccc(N)cc1N. The summed E-state index contributed by atoms with van der Waals surface area (Å²) >= 11 is 6.12. The fraction of sp³-hybridized carbons (Fsp3) is 0.133. The Morgan fingerprint density at radius 2 is 2.05 bits per heavy atom. The lowest BCUT2D eigenvalue weighted by Gasteiger charge is -2.12. The third kappa shape index (κ3) is 3.38. The second kappa shape index (κ2) is 6.37. The van der Waals surface area contributed by atoms with Gasteiger partial charge in [0.25, 0.3) is 5.91 Å². The summed E-state index contributed by atoms with van der Waals surface area (Å²) in [7, 11) is 1.55. The summed E-state index contributed by atoms with van der Waals surface area (Å²) in [5, 5.41) is 3.29. The zero-order valence-corrected chi connectivity index (χ0v) is 12.3. The summed E-state index contributed by atoms with van der Waals surface area (Å²) < 4.78 is 5.23. The first-order valence-electron chi connectivity index (χ1n) is 6.27. The Labute approximate surface area is 127 Å². The summed E-state index contributed by atoms with van der Waals surface area (Å²) in [4.78, 5) is 12.1. The fourth-order valence-electron chi connectivity index (χ4n) is 1.95. The number of methoxy groups -OCH3 is 1. The van der Waals surface area contributed by atoms with Gasteiger partial charge >= 0.3 is 0 Å². The number of hydrogen-bond acceptors (Lipinski definition) is 4. The van der Waals surface area contributed by atoms with Crippen molar-refractivity contribution in [2.24, 2.45) is 0 Å². The summed E-state index contributed by atoms with van der Waals surface area (Å²) in [5.41, 5.74) is 13.3. The third-order valence-electron chi connectivity index (χ3n) is 3.04. The lowest BCUT2D eigenvalue weighted by molar-refractivity contribution is 0.0951. The molecule has 0 aliphatic heterocycles. The van der Waals surface area contributed by atoms with E-state index in [1.165, 1.54) is 0 Å². The Morgan fingerprint density at radius 3 is 2.71 bits per heavy atom. The molecule has 0 aliphatic carbocycles. The number of nitrogens with two attached hydrogens (primary N) is 2. The molecule has 110 valence electrons. The predicted octanol–water partition coefficient (Wildman–Crippen LogP) is 2.44. The van der Waals surface area contributed by atoms with Crippen molar-refractivity contribution in [2.75, 3.05) is 18.6 Å². The molecule has 0 spiro atoms. The molecule has 0 radical (unpaired) electrons. The zero-order valence-electron chi connectivity index (χ0n) is 11.5. The molecular formula is C15H16ClN3O2. The van der Waals surface area contributed by atoms with Crippen molar-refractivity contribution in [2.45, 2.75) is 6.54 Å². The molecule has 21 heavy (non-hydrogen) atoms. The van der Waals surface area contributed by atoms with Crippen molar-refractivity contribution in [3.05, 3.63) is 52.5 Å². The molecule has 5 nitrogen and oxygen atoms in total. The van der Waals surface area contributed by atoms with E-state index in [2.05, 4.69) is 5.32 Å². The first-order valence-corrected chi connectivity index (χ1v) is 6.65. The van der Waals surface area contributed by atoms with Crippen LogP contribution in [0.2, 0.25) is 5.02 Å². The number of rotatable bonds is 4. The lowest BCUT2D eigenvalue weighted by Crippen LogP contribution is -2.24. The van der Waals surface area contributed by atoms with E-state index >= 15 is 0 Å². The zero-order chi connectivity index (χ0) is 15.4. The van der Waals surface area contributed by atoms with E-state index in [9.17, 15) is 4.79 Å². The highest BCUT2D eigenvalue weighted by molar-refractivity contribution is 6.31. The molecule has 0 aromatic heterocycles. The van der Waals surface area contributed by atoms with Crippen LogP contribution in [0.15, 0.2) is 36.4 Å². The van der Waals surface area contributed by atoms with Crippen molar-refractivity contribution < 1.29 is 9.53 Å². The second-order valence-electron chi connectivity index (χ2n) is 4.45. The molecule has 0 fully saturated rings. The van der Waals surface area contributed by atoms with Crippen LogP contribution in [0.3, 0.4) is 0 Å². The Hall–Kier alpha value is -2.40. The number of carbonyl (C=O) groups excluding carboxylic acids is 1. The van der Waals surface area contributed by atoms with E-state index < -0.39 is 0 Å². The van der Waals surface area contributed by atoms with Gasteiger partial charge in [-0.3, -0.25) is 4.79 Å². The summed E-state index contributed by atoms with van der Waals surface area (Å²) in [6, 6.07) is 10.1. The summed E-state index contributed by atoms with van der Waals surface area (Å²) in [5.74, 6) is 0.322. The smallest absolute Gasteiger partial charge is 0.253 e. The molecule has 6 heteroatoms. The highest BCUT2D eigenvalue weighted by atomic mass is 35.5.